The molecule has 1 aromatic rings. The zero-order valence-electron chi connectivity index (χ0n) is 24.8. The lowest BCUT2D eigenvalue weighted by molar-refractivity contribution is -0.237. The highest BCUT2D eigenvalue weighted by molar-refractivity contribution is 6.31. The Labute approximate surface area is 243 Å². The first-order valence-electron chi connectivity index (χ1n) is 14.2. The minimum atomic E-state index is -1.37. The van der Waals surface area contributed by atoms with E-state index in [1.54, 1.807) is 12.1 Å². The van der Waals surface area contributed by atoms with Gasteiger partial charge in [0.25, 0.3) is 0 Å². The average molecular weight is 581 g/mol. The highest BCUT2D eigenvalue weighted by Gasteiger charge is 2.37. The molecule has 0 saturated carbocycles. The zero-order chi connectivity index (χ0) is 30.0. The molecule has 0 radical (unpaired) electrons. The second-order valence-electron chi connectivity index (χ2n) is 10.1. The lowest BCUT2D eigenvalue weighted by atomic mass is 9.92. The number of nitrogens with two attached hydrogens (primary N) is 2. The summed E-state index contributed by atoms with van der Waals surface area (Å²) < 4.78 is 20.3. The van der Waals surface area contributed by atoms with Gasteiger partial charge in [0.15, 0.2) is 0 Å². The molecule has 2 heterocycles. The summed E-state index contributed by atoms with van der Waals surface area (Å²) in [6.45, 7) is 10.8. The number of halogens is 2. The van der Waals surface area contributed by atoms with E-state index in [4.69, 9.17) is 32.8 Å². The molecule has 3 rings (SSSR count). The van der Waals surface area contributed by atoms with Crippen LogP contribution in [-0.2, 0) is 16.1 Å². The predicted octanol–water partition coefficient (Wildman–Crippen LogP) is 4.86. The highest BCUT2D eigenvalue weighted by atomic mass is 35.5. The molecule has 1 saturated heterocycles. The Morgan fingerprint density at radius 1 is 1.30 bits per heavy atom. The van der Waals surface area contributed by atoms with Crippen LogP contribution in [0, 0.1) is 17.2 Å². The number of benzene rings is 1. The number of nitrogens with zero attached hydrogens (tertiary/aromatic N) is 4. The van der Waals surface area contributed by atoms with E-state index in [-0.39, 0.29) is 42.0 Å². The predicted molar refractivity (Wildman–Crippen MR) is 156 cm³/mol. The van der Waals surface area contributed by atoms with Crippen LogP contribution in [0.15, 0.2) is 23.5 Å². The first kappa shape index (κ1) is 33.6. The molecule has 2 aliphatic rings. The van der Waals surface area contributed by atoms with Crippen LogP contribution in [0.4, 0.5) is 4.39 Å². The van der Waals surface area contributed by atoms with Gasteiger partial charge in [-0.15, -0.1) is 0 Å². The van der Waals surface area contributed by atoms with Crippen molar-refractivity contribution in [2.75, 3.05) is 33.3 Å². The summed E-state index contributed by atoms with van der Waals surface area (Å²) in [5.41, 5.74) is 8.23. The Morgan fingerprint density at radius 2 is 2.00 bits per heavy atom. The number of hydroxylamine groups is 2. The average Bonchev–Trinajstić information content (AvgIpc) is 3.33. The maximum Gasteiger partial charge on any atom is 0.222 e. The number of hydrazine groups is 1. The molecule has 0 spiro atoms. The quantitative estimate of drug-likeness (QED) is 0.265. The summed E-state index contributed by atoms with van der Waals surface area (Å²) in [4.78, 5) is 20.9. The summed E-state index contributed by atoms with van der Waals surface area (Å²) in [5.74, 6) is 6.11. The van der Waals surface area contributed by atoms with E-state index in [1.165, 1.54) is 14.0 Å². The van der Waals surface area contributed by atoms with Crippen molar-refractivity contribution >= 4 is 17.5 Å². The van der Waals surface area contributed by atoms with E-state index in [0.717, 1.165) is 35.4 Å². The van der Waals surface area contributed by atoms with Gasteiger partial charge in [0.1, 0.15) is 18.5 Å². The smallest absolute Gasteiger partial charge is 0.222 e. The van der Waals surface area contributed by atoms with Crippen LogP contribution >= 0.6 is 11.6 Å². The van der Waals surface area contributed by atoms with Crippen molar-refractivity contribution in [3.05, 3.63) is 39.7 Å². The third-order valence-electron chi connectivity index (χ3n) is 7.16. The lowest BCUT2D eigenvalue weighted by Gasteiger charge is -2.41. The van der Waals surface area contributed by atoms with Crippen LogP contribution in [0.2, 0.25) is 5.02 Å². The Balaban J connectivity index is 0.00000274. The van der Waals surface area contributed by atoms with Crippen LogP contribution in [-0.4, -0.2) is 66.4 Å². The van der Waals surface area contributed by atoms with Gasteiger partial charge < -0.3 is 20.4 Å². The standard InChI is InChI=1S/C27H40ClFN6O3.C2H6/c1-5-7-23(17(2)14-30)38-35-13-11-19-20(28)9-10-24(37-16-21(31)27(18(3)29)33(4)32)26(19)22(35)15-34-12-6-8-25(34)36;1-2/h9-10,17-18,22-23H,5-8,11-13,15-16,31-32H2,1-4H3;1-2H3/b27-21-;. The monoisotopic (exact) mass is 580 g/mol. The van der Waals surface area contributed by atoms with Gasteiger partial charge in [-0.05, 0) is 50.8 Å². The molecule has 4 atom stereocenters. The summed E-state index contributed by atoms with van der Waals surface area (Å²) in [6.07, 6.45) is 1.85. The maximum absolute atomic E-state index is 14.2. The van der Waals surface area contributed by atoms with Crippen LogP contribution in [0.1, 0.15) is 77.5 Å². The van der Waals surface area contributed by atoms with Crippen molar-refractivity contribution in [1.29, 1.82) is 5.26 Å². The fourth-order valence-corrected chi connectivity index (χ4v) is 5.48. The minimum Gasteiger partial charge on any atom is -0.487 e. The number of ether oxygens (including phenoxy) is 1. The number of rotatable bonds is 12. The summed E-state index contributed by atoms with van der Waals surface area (Å²) in [5, 5.41) is 13.2. The molecule has 40 heavy (non-hydrogen) atoms. The Morgan fingerprint density at radius 3 is 2.55 bits per heavy atom. The number of alkyl halides is 1. The number of amides is 1. The van der Waals surface area contributed by atoms with Crippen molar-refractivity contribution in [1.82, 2.24) is 15.0 Å². The Hall–Kier alpha value is -2.58. The molecule has 4 N–H and O–H groups in total. The normalized spacial score (nSPS) is 19.9. The van der Waals surface area contributed by atoms with Crippen molar-refractivity contribution in [2.45, 2.75) is 85.0 Å². The fourth-order valence-electron chi connectivity index (χ4n) is 5.23. The van der Waals surface area contributed by atoms with Gasteiger partial charge >= 0.3 is 0 Å². The van der Waals surface area contributed by atoms with E-state index in [1.807, 2.05) is 30.7 Å². The molecule has 1 amide bonds. The minimum absolute atomic E-state index is 0.0840. The fraction of sp³-hybridized carbons (Fsp3) is 0.655. The second kappa shape index (κ2) is 16.0. The molecular weight excluding hydrogens is 535 g/mol. The van der Waals surface area contributed by atoms with Crippen molar-refractivity contribution in [3.8, 4) is 11.8 Å². The molecule has 4 unspecified atom stereocenters. The maximum atomic E-state index is 14.2. The zero-order valence-corrected chi connectivity index (χ0v) is 25.5. The Bertz CT molecular complexity index is 1050. The van der Waals surface area contributed by atoms with Gasteiger partial charge in [-0.2, -0.15) is 10.3 Å². The van der Waals surface area contributed by atoms with Gasteiger partial charge in [-0.25, -0.2) is 10.2 Å². The topological polar surface area (TPSA) is 121 Å². The molecule has 224 valence electrons. The van der Waals surface area contributed by atoms with Gasteiger partial charge in [0, 0.05) is 43.7 Å². The molecule has 1 aromatic carbocycles. The van der Waals surface area contributed by atoms with Gasteiger partial charge in [0.05, 0.1) is 35.5 Å². The summed E-state index contributed by atoms with van der Waals surface area (Å²) in [6, 6.07) is 5.48. The summed E-state index contributed by atoms with van der Waals surface area (Å²) in [7, 11) is 1.52. The molecule has 0 aliphatic carbocycles. The second-order valence-corrected chi connectivity index (χ2v) is 10.5. The summed E-state index contributed by atoms with van der Waals surface area (Å²) >= 11 is 6.65. The van der Waals surface area contributed by atoms with E-state index in [9.17, 15) is 14.4 Å². The van der Waals surface area contributed by atoms with Crippen molar-refractivity contribution < 1.29 is 18.8 Å². The third-order valence-corrected chi connectivity index (χ3v) is 7.52. The molecular formula is C29H46ClFN6O3. The molecule has 2 aliphatic heterocycles. The number of allylic oxidation sites excluding steroid dienone is 1. The van der Waals surface area contributed by atoms with Crippen LogP contribution in [0.3, 0.4) is 0 Å². The van der Waals surface area contributed by atoms with Crippen molar-refractivity contribution in [2.24, 2.45) is 17.5 Å². The molecule has 0 aromatic heterocycles. The number of carbonyl (C=O) groups is 1. The third kappa shape index (κ3) is 8.23. The highest BCUT2D eigenvalue weighted by Crippen LogP contribution is 2.42. The van der Waals surface area contributed by atoms with Gasteiger partial charge in [-0.1, -0.05) is 38.8 Å². The van der Waals surface area contributed by atoms with Crippen LogP contribution in [0.25, 0.3) is 0 Å². The van der Waals surface area contributed by atoms with Gasteiger partial charge in [0.2, 0.25) is 5.91 Å². The van der Waals surface area contributed by atoms with E-state index in [0.29, 0.717) is 43.2 Å². The lowest BCUT2D eigenvalue weighted by Crippen LogP contribution is -2.45. The van der Waals surface area contributed by atoms with E-state index in [2.05, 4.69) is 13.0 Å². The van der Waals surface area contributed by atoms with Crippen LogP contribution in [0.5, 0.6) is 5.75 Å². The van der Waals surface area contributed by atoms with Gasteiger partial charge in [-0.3, -0.25) is 9.63 Å². The first-order chi connectivity index (χ1) is 19.1. The number of fused-ring (bicyclic) bond motifs is 1. The molecule has 11 heteroatoms. The van der Waals surface area contributed by atoms with Crippen molar-refractivity contribution in [3.63, 3.8) is 0 Å². The Kier molecular flexibility index (Phi) is 13.5. The number of nitriles is 1. The number of hydrogen-bond acceptors (Lipinski definition) is 8. The number of likely N-dealkylation sites (tertiary alicyclic amines) is 1. The SMILES string of the molecule is CC.CCCC(ON1CCc2c(Cl)ccc(OC/C(N)=C(\C(C)F)N(C)N)c2C1CN1CCCC1=O)C(C)C#N. The largest absolute Gasteiger partial charge is 0.487 e. The van der Waals surface area contributed by atoms with E-state index >= 15 is 0 Å². The van der Waals surface area contributed by atoms with E-state index < -0.39 is 6.17 Å². The molecule has 9 nitrogen and oxygen atoms in total. The number of carbonyl (C=O) groups excluding carboxylic acids is 1. The van der Waals surface area contributed by atoms with Crippen LogP contribution < -0.4 is 16.3 Å². The molecule has 0 bridgehead atoms. The molecule has 1 fully saturated rings. The number of hydrogen-bond donors (Lipinski definition) is 2. The first-order valence-corrected chi connectivity index (χ1v) is 14.6.